The van der Waals surface area contributed by atoms with Crippen LogP contribution in [0.3, 0.4) is 0 Å². The van der Waals surface area contributed by atoms with Gasteiger partial charge in [0, 0.05) is 59.2 Å². The van der Waals surface area contributed by atoms with Crippen LogP contribution < -0.4 is 46.2 Å². The fraction of sp³-hybridized carbons (Fsp3) is 0.208. The number of anilines is 9. The Morgan fingerprint density at radius 2 is 0.479 bits per heavy atom. The van der Waals surface area contributed by atoms with Gasteiger partial charge in [-0.15, -0.1) is 0 Å². The molecule has 25 rings (SSSR count). The lowest BCUT2D eigenvalue weighted by atomic mass is 9.95. The highest BCUT2D eigenvalue weighted by molar-refractivity contribution is 5.96. The van der Waals surface area contributed by atoms with Crippen molar-refractivity contribution >= 4 is 92.1 Å². The van der Waals surface area contributed by atoms with E-state index in [4.69, 9.17) is 0 Å². The highest BCUT2D eigenvalue weighted by atomic mass is 16.6. The second-order valence-corrected chi connectivity index (χ2v) is 38.6. The Morgan fingerprint density at radius 1 is 0.260 bits per heavy atom. The van der Waals surface area contributed by atoms with E-state index < -0.39 is 16.0 Å². The Labute approximate surface area is 848 Å². The number of para-hydroxylation sites is 7. The predicted octanol–water partition coefficient (Wildman–Crippen LogP) is 22.8. The second kappa shape index (κ2) is 41.2. The van der Waals surface area contributed by atoms with Crippen LogP contribution in [0.15, 0.2) is 382 Å². The van der Waals surface area contributed by atoms with Gasteiger partial charge in [-0.3, -0.25) is 65.9 Å². The Hall–Kier alpha value is -17.6. The van der Waals surface area contributed by atoms with Crippen LogP contribution in [0, 0.1) is 47.9 Å². The number of hydrazine groups is 4. The number of phenols is 1. The predicted molar refractivity (Wildman–Crippen MR) is 570 cm³/mol. The minimum absolute atomic E-state index is 0.00145. The first-order valence-corrected chi connectivity index (χ1v) is 49.9. The topological polar surface area (TPSA) is 272 Å². The molecule has 26 heteroatoms. The molecule has 15 aromatic rings. The number of hydrogen-bond donors (Lipinski definition) is 5. The lowest BCUT2D eigenvalue weighted by Crippen LogP contribution is -2.38. The number of aryl methyl sites for hydroxylation is 9. The largest absolute Gasteiger partial charge is 0.508 e. The molecule has 0 spiro atoms. The SMILES string of the molecule is Cc1ccc([C@H]2N(Cc3ccccc3)C(=O)C3CCc4ccccc4N32)cc1.Cc1ccc([C@H]2N(Nc3ccc([N+](=O)[O-])cc3)C(=O)C3CCc4ccccc4N32)cc1.Cc1ccc([C@H]2N(Nc3ccccc3)C(=O)C3CCc4ccccc4N32)cc1.Cc1ccc([C@H]2N(Nc3ccccc3)C(=O)C3CCc4ccccc4N32)cc1.O=C1C2CCc3ccccc3N2[C@@H](c2ccc(O)cc2)N1Nc1ccc([N+](=O)[O-])cc1. The molecule has 5 saturated heterocycles. The van der Waals surface area contributed by atoms with Gasteiger partial charge in [0.15, 0.2) is 24.7 Å². The van der Waals surface area contributed by atoms with E-state index in [0.717, 1.165) is 120 Å². The minimum Gasteiger partial charge on any atom is -0.508 e. The van der Waals surface area contributed by atoms with Crippen molar-refractivity contribution < 1.29 is 38.9 Å². The first kappa shape index (κ1) is 94.7. The molecule has 0 aliphatic carbocycles. The summed E-state index contributed by atoms with van der Waals surface area (Å²) in [6, 6.07) is 124. The molecule has 5 amide bonds. The maximum Gasteiger partial charge on any atom is 0.269 e. The lowest BCUT2D eigenvalue weighted by Gasteiger charge is -2.37. The van der Waals surface area contributed by atoms with Gasteiger partial charge in [0.2, 0.25) is 5.91 Å². The van der Waals surface area contributed by atoms with E-state index in [2.05, 4.69) is 260 Å². The minimum atomic E-state index is -0.457. The van der Waals surface area contributed by atoms with Gasteiger partial charge < -0.3 is 34.5 Å². The van der Waals surface area contributed by atoms with E-state index in [1.54, 1.807) is 58.5 Å². The fourth-order valence-corrected chi connectivity index (χ4v) is 22.2. The maximum atomic E-state index is 13.5. The number of hydrogen-bond acceptors (Lipinski definition) is 19. The van der Waals surface area contributed by atoms with Crippen molar-refractivity contribution in [1.82, 2.24) is 24.9 Å². The number of nitro benzene ring substituents is 2. The Balaban J connectivity index is 0.000000107. The van der Waals surface area contributed by atoms with Crippen molar-refractivity contribution in [1.29, 1.82) is 0 Å². The zero-order valence-electron chi connectivity index (χ0n) is 81.4. The Kier molecular flexibility index (Phi) is 26.7. The highest BCUT2D eigenvalue weighted by Gasteiger charge is 2.55. The summed E-state index contributed by atoms with van der Waals surface area (Å²) in [5.41, 5.74) is 39.4. The number of rotatable bonds is 17. The van der Waals surface area contributed by atoms with Gasteiger partial charge in [0.05, 0.1) is 32.6 Å². The number of carbonyl (C=O) groups is 5. The molecule has 15 aromatic carbocycles. The van der Waals surface area contributed by atoms with Gasteiger partial charge in [-0.05, 0) is 244 Å². The van der Waals surface area contributed by atoms with Gasteiger partial charge in [-0.25, -0.2) is 20.0 Å². The van der Waals surface area contributed by atoms with Gasteiger partial charge in [0.25, 0.3) is 35.0 Å². The molecule has 5 unspecified atom stereocenters. The van der Waals surface area contributed by atoms with Crippen molar-refractivity contribution in [3.05, 3.63) is 486 Å². The maximum absolute atomic E-state index is 13.5. The number of non-ortho nitro benzene ring substituents is 2. The summed E-state index contributed by atoms with van der Waals surface area (Å²) >= 11 is 0. The van der Waals surface area contributed by atoms with E-state index in [0.29, 0.717) is 24.3 Å². The third-order valence-electron chi connectivity index (χ3n) is 29.3. The molecule has 0 radical (unpaired) electrons. The molecule has 10 atom stereocenters. The van der Waals surface area contributed by atoms with Gasteiger partial charge >= 0.3 is 0 Å². The summed E-state index contributed by atoms with van der Waals surface area (Å²) in [5, 5.41) is 38.6. The van der Waals surface area contributed by atoms with Crippen molar-refractivity contribution in [3.8, 4) is 5.75 Å². The summed E-state index contributed by atoms with van der Waals surface area (Å²) in [5.74, 6) is 0.583. The van der Waals surface area contributed by atoms with Gasteiger partial charge in [0.1, 0.15) is 42.1 Å². The smallest absolute Gasteiger partial charge is 0.269 e. The molecule has 5 fully saturated rings. The number of phenolic OH excluding ortho intramolecular Hbond substituents is 1. The third kappa shape index (κ3) is 18.9. The summed E-state index contributed by atoms with van der Waals surface area (Å²) in [6.07, 6.45) is 7.31. The molecular weight excluding hydrogens is 1830 g/mol. The quantitative estimate of drug-likeness (QED) is 0.0419. The van der Waals surface area contributed by atoms with Gasteiger partial charge in [-0.2, -0.15) is 0 Å². The summed E-state index contributed by atoms with van der Waals surface area (Å²) < 4.78 is 0. The van der Waals surface area contributed by atoms with Crippen LogP contribution in [0.4, 0.5) is 62.6 Å². The van der Waals surface area contributed by atoms with Crippen LogP contribution in [-0.2, 0) is 62.6 Å². The van der Waals surface area contributed by atoms with Crippen molar-refractivity contribution in [3.63, 3.8) is 0 Å². The summed E-state index contributed by atoms with van der Waals surface area (Å²) in [4.78, 5) is 102. The lowest BCUT2D eigenvalue weighted by molar-refractivity contribution is -0.385. The monoisotopic (exact) mass is 1940 g/mol. The molecule has 732 valence electrons. The zero-order valence-corrected chi connectivity index (χ0v) is 81.4. The summed E-state index contributed by atoms with van der Waals surface area (Å²) in [6.45, 7) is 8.94. The molecule has 10 aliphatic rings. The normalized spacial score (nSPS) is 20.3. The number of benzene rings is 15. The molecular formula is C120H112N16O10. The van der Waals surface area contributed by atoms with E-state index in [1.165, 1.54) is 85.6 Å². The average molecular weight is 1940 g/mol. The van der Waals surface area contributed by atoms with E-state index in [-0.39, 0.29) is 102 Å². The molecule has 10 heterocycles. The fourth-order valence-electron chi connectivity index (χ4n) is 22.2. The second-order valence-electron chi connectivity index (χ2n) is 38.6. The van der Waals surface area contributed by atoms with Crippen LogP contribution in [0.25, 0.3) is 0 Å². The van der Waals surface area contributed by atoms with Crippen molar-refractivity contribution in [2.45, 2.75) is 159 Å². The first-order valence-electron chi connectivity index (χ1n) is 49.9. The number of amides is 5. The molecule has 0 bridgehead atoms. The van der Waals surface area contributed by atoms with Crippen LogP contribution in [0.5, 0.6) is 5.75 Å². The number of carbonyl (C=O) groups excluding carboxylic acids is 5. The molecule has 146 heavy (non-hydrogen) atoms. The van der Waals surface area contributed by atoms with Crippen LogP contribution in [0.1, 0.15) is 146 Å². The molecule has 26 nitrogen and oxygen atoms in total. The summed E-state index contributed by atoms with van der Waals surface area (Å²) in [7, 11) is 0. The highest BCUT2D eigenvalue weighted by Crippen LogP contribution is 2.52. The molecule has 10 aliphatic heterocycles. The zero-order chi connectivity index (χ0) is 100. The number of nitrogens with one attached hydrogen (secondary N) is 4. The van der Waals surface area contributed by atoms with Crippen molar-refractivity contribution in [2.24, 2.45) is 0 Å². The van der Waals surface area contributed by atoms with Crippen LogP contribution >= 0.6 is 0 Å². The third-order valence-corrected chi connectivity index (χ3v) is 29.3. The number of nitrogens with zero attached hydrogens (tertiary/aromatic N) is 12. The first-order chi connectivity index (χ1) is 71.2. The number of nitro groups is 2. The molecule has 5 N–H and O–H groups in total. The standard InChI is InChI=1S/C25H24N2O.C24H22N4O3.2C24H23N3O.C23H20N4O4/c1-18-11-13-21(14-12-18)24-26(17-19-7-3-2-4-8-19)25(28)23-16-15-20-9-5-6-10-22(20)27(23)24;1-16-6-8-18(9-7-16)23-26-21-5-3-2-4-17(21)10-15-22(26)24(29)27(23)25-19-11-13-20(14-12-19)28(30)31;2*1-17-11-13-19(14-12-17)23-26-21-10-6-5-7-18(21)15-16-22(26)24(28)27(23)25-20-8-3-2-4-9-20;28-19-12-5-16(6-13-19)22-25-20-4-2-1-3-15(20)7-14-21(25)23(29)26(22)24-17-8-10-18(11-9-17)27(30)31/h2-14,23-24H,15-17H2,1H3;2-9,11-14,22-23,25H,10,15H2,1H3;2*2-14,22-23,25H,15-16H2,1H3;1-6,8-13,21-22,24,28H,7,14H2/t23?,24-;3*22?,23-;21?,22-/m01111/s1. The van der Waals surface area contributed by atoms with Crippen LogP contribution in [-0.4, -0.2) is 99.6 Å². The Morgan fingerprint density at radius 3 is 0.747 bits per heavy atom. The number of aromatic hydroxyl groups is 1. The molecule has 0 saturated carbocycles. The van der Waals surface area contributed by atoms with E-state index in [9.17, 15) is 49.3 Å². The van der Waals surface area contributed by atoms with E-state index >= 15 is 0 Å². The average Bonchev–Trinajstić information content (AvgIpc) is 1.61. The van der Waals surface area contributed by atoms with E-state index in [1.807, 2.05) is 138 Å². The van der Waals surface area contributed by atoms with Crippen molar-refractivity contribution in [2.75, 3.05) is 46.2 Å². The van der Waals surface area contributed by atoms with Gasteiger partial charge in [-0.1, -0.05) is 289 Å². The molecule has 0 aromatic heterocycles. The Bertz CT molecular complexity index is 6730. The number of fused-ring (bicyclic) bond motifs is 15. The van der Waals surface area contributed by atoms with Crippen LogP contribution in [0.2, 0.25) is 0 Å².